The molecule has 1 aromatic rings. The first-order valence-corrected chi connectivity index (χ1v) is 5.47. The number of ether oxygens (including phenoxy) is 1. The quantitative estimate of drug-likeness (QED) is 0.613. The van der Waals surface area contributed by atoms with Crippen molar-refractivity contribution in [3.8, 4) is 0 Å². The summed E-state index contributed by atoms with van der Waals surface area (Å²) >= 11 is 1.22. The van der Waals surface area contributed by atoms with E-state index < -0.39 is 0 Å². The zero-order valence-corrected chi connectivity index (χ0v) is 9.45. The molecular weight excluding hydrogens is 214 g/mol. The summed E-state index contributed by atoms with van der Waals surface area (Å²) in [5, 5.41) is 0.554. The summed E-state index contributed by atoms with van der Waals surface area (Å²) in [5.41, 5.74) is 5.56. The molecule has 0 amide bonds. The van der Waals surface area contributed by atoms with Crippen LogP contribution in [0.5, 0.6) is 0 Å². The van der Waals surface area contributed by atoms with E-state index in [4.69, 9.17) is 10.5 Å². The van der Waals surface area contributed by atoms with Gasteiger partial charge in [-0.05, 0) is 13.8 Å². The Morgan fingerprint density at radius 3 is 2.80 bits per heavy atom. The molecular formula is C9H13N3O2S. The van der Waals surface area contributed by atoms with Gasteiger partial charge in [0.15, 0.2) is 5.82 Å². The van der Waals surface area contributed by atoms with E-state index in [0.29, 0.717) is 10.8 Å². The van der Waals surface area contributed by atoms with E-state index in [2.05, 4.69) is 9.97 Å². The molecule has 0 bridgehead atoms. The number of nitrogens with zero attached hydrogens (tertiary/aromatic N) is 2. The SMILES string of the molecule is CC(C)OC(=O)CSc1nccnc1N. The third kappa shape index (κ3) is 4.16. The normalized spacial score (nSPS) is 10.3. The van der Waals surface area contributed by atoms with Crippen LogP contribution in [-0.2, 0) is 9.53 Å². The maximum atomic E-state index is 11.2. The third-order valence-corrected chi connectivity index (χ3v) is 2.35. The van der Waals surface area contributed by atoms with Crippen LogP contribution >= 0.6 is 11.8 Å². The topological polar surface area (TPSA) is 78.1 Å². The highest BCUT2D eigenvalue weighted by molar-refractivity contribution is 8.00. The van der Waals surface area contributed by atoms with Crippen LogP contribution in [0.15, 0.2) is 17.4 Å². The number of nitrogens with two attached hydrogens (primary N) is 1. The lowest BCUT2D eigenvalue weighted by Crippen LogP contribution is -2.13. The molecule has 0 fully saturated rings. The van der Waals surface area contributed by atoms with Gasteiger partial charge in [-0.1, -0.05) is 11.8 Å². The molecule has 0 aromatic carbocycles. The smallest absolute Gasteiger partial charge is 0.316 e. The molecule has 0 saturated heterocycles. The zero-order chi connectivity index (χ0) is 11.3. The van der Waals surface area contributed by atoms with Gasteiger partial charge in [0.25, 0.3) is 0 Å². The van der Waals surface area contributed by atoms with E-state index in [1.807, 2.05) is 0 Å². The average Bonchev–Trinajstić information content (AvgIpc) is 2.15. The Hall–Kier alpha value is -1.30. The lowest BCUT2D eigenvalue weighted by molar-refractivity contribution is -0.144. The van der Waals surface area contributed by atoms with Gasteiger partial charge in [-0.25, -0.2) is 9.97 Å². The van der Waals surface area contributed by atoms with Gasteiger partial charge < -0.3 is 10.5 Å². The summed E-state index contributed by atoms with van der Waals surface area (Å²) in [5.74, 6) is 0.251. The van der Waals surface area contributed by atoms with Gasteiger partial charge in [-0.3, -0.25) is 4.79 Å². The molecule has 0 saturated carbocycles. The predicted octanol–water partition coefficient (Wildman–Crippen LogP) is 1.10. The zero-order valence-electron chi connectivity index (χ0n) is 8.64. The maximum Gasteiger partial charge on any atom is 0.316 e. The van der Waals surface area contributed by atoms with Crippen molar-refractivity contribution in [2.75, 3.05) is 11.5 Å². The van der Waals surface area contributed by atoms with Crippen LogP contribution in [0.4, 0.5) is 5.82 Å². The van der Waals surface area contributed by atoms with Crippen molar-refractivity contribution in [1.82, 2.24) is 9.97 Å². The lowest BCUT2D eigenvalue weighted by atomic mass is 10.5. The van der Waals surface area contributed by atoms with Crippen LogP contribution in [0.3, 0.4) is 0 Å². The second-order valence-corrected chi connectivity index (χ2v) is 4.04. The summed E-state index contributed by atoms with van der Waals surface area (Å²) in [4.78, 5) is 19.1. The second-order valence-electron chi connectivity index (χ2n) is 3.07. The van der Waals surface area contributed by atoms with Crippen molar-refractivity contribution in [2.45, 2.75) is 25.0 Å². The minimum Gasteiger partial charge on any atom is -0.462 e. The van der Waals surface area contributed by atoms with Gasteiger partial charge in [-0.15, -0.1) is 0 Å². The van der Waals surface area contributed by atoms with E-state index >= 15 is 0 Å². The van der Waals surface area contributed by atoms with Gasteiger partial charge >= 0.3 is 5.97 Å². The van der Waals surface area contributed by atoms with Crippen molar-refractivity contribution >= 4 is 23.5 Å². The fourth-order valence-electron chi connectivity index (χ4n) is 0.871. The van der Waals surface area contributed by atoms with E-state index in [1.54, 1.807) is 13.8 Å². The van der Waals surface area contributed by atoms with Gasteiger partial charge in [-0.2, -0.15) is 0 Å². The summed E-state index contributed by atoms with van der Waals surface area (Å²) in [6.07, 6.45) is 2.94. The third-order valence-electron chi connectivity index (χ3n) is 1.39. The van der Waals surface area contributed by atoms with Crippen LogP contribution in [-0.4, -0.2) is 27.8 Å². The molecule has 0 spiro atoms. The number of rotatable bonds is 4. The van der Waals surface area contributed by atoms with Crippen molar-refractivity contribution in [2.24, 2.45) is 0 Å². The van der Waals surface area contributed by atoms with Crippen molar-refractivity contribution in [1.29, 1.82) is 0 Å². The summed E-state index contributed by atoms with van der Waals surface area (Å²) < 4.78 is 4.96. The van der Waals surface area contributed by atoms with Crippen LogP contribution < -0.4 is 5.73 Å². The van der Waals surface area contributed by atoms with Crippen LogP contribution in [0.25, 0.3) is 0 Å². The number of thioether (sulfide) groups is 1. The molecule has 2 N–H and O–H groups in total. The highest BCUT2D eigenvalue weighted by atomic mass is 32.2. The van der Waals surface area contributed by atoms with E-state index in [1.165, 1.54) is 24.2 Å². The Morgan fingerprint density at radius 2 is 2.20 bits per heavy atom. The highest BCUT2D eigenvalue weighted by Crippen LogP contribution is 2.19. The number of nitrogen functional groups attached to an aromatic ring is 1. The maximum absolute atomic E-state index is 11.2. The molecule has 82 valence electrons. The van der Waals surface area contributed by atoms with Gasteiger partial charge in [0, 0.05) is 12.4 Å². The average molecular weight is 227 g/mol. The first kappa shape index (κ1) is 11.8. The molecule has 0 unspecified atom stereocenters. The molecule has 5 nitrogen and oxygen atoms in total. The molecule has 1 heterocycles. The lowest BCUT2D eigenvalue weighted by Gasteiger charge is -2.07. The summed E-state index contributed by atoms with van der Waals surface area (Å²) in [6.45, 7) is 3.61. The minimum atomic E-state index is -0.278. The van der Waals surface area contributed by atoms with Gasteiger partial charge in [0.1, 0.15) is 5.03 Å². The van der Waals surface area contributed by atoms with Gasteiger partial charge in [0.05, 0.1) is 11.9 Å². The Kier molecular flexibility index (Phi) is 4.36. The minimum absolute atomic E-state index is 0.0997. The fourth-order valence-corrected chi connectivity index (χ4v) is 1.53. The molecule has 0 aliphatic rings. The van der Waals surface area contributed by atoms with Crippen molar-refractivity contribution < 1.29 is 9.53 Å². The van der Waals surface area contributed by atoms with E-state index in [9.17, 15) is 4.79 Å². The number of hydrogen-bond acceptors (Lipinski definition) is 6. The first-order chi connectivity index (χ1) is 7.09. The molecule has 0 radical (unpaired) electrons. The van der Waals surface area contributed by atoms with Crippen LogP contribution in [0, 0.1) is 0 Å². The molecule has 15 heavy (non-hydrogen) atoms. The van der Waals surface area contributed by atoms with Gasteiger partial charge in [0.2, 0.25) is 0 Å². The van der Waals surface area contributed by atoms with Crippen LogP contribution in [0.2, 0.25) is 0 Å². The first-order valence-electron chi connectivity index (χ1n) is 4.48. The largest absolute Gasteiger partial charge is 0.462 e. The highest BCUT2D eigenvalue weighted by Gasteiger charge is 2.08. The summed E-state index contributed by atoms with van der Waals surface area (Å²) in [7, 11) is 0. The molecule has 0 aliphatic carbocycles. The van der Waals surface area contributed by atoms with Crippen molar-refractivity contribution in [3.05, 3.63) is 12.4 Å². The number of carbonyl (C=O) groups is 1. The number of aromatic nitrogens is 2. The van der Waals surface area contributed by atoms with E-state index in [-0.39, 0.29) is 17.8 Å². The van der Waals surface area contributed by atoms with E-state index in [0.717, 1.165) is 0 Å². The molecule has 0 atom stereocenters. The second kappa shape index (κ2) is 5.55. The number of esters is 1. The number of anilines is 1. The Labute approximate surface area is 92.4 Å². The Morgan fingerprint density at radius 1 is 1.53 bits per heavy atom. The Balaban J connectivity index is 2.44. The Bertz CT molecular complexity index is 344. The fraction of sp³-hybridized carbons (Fsp3) is 0.444. The van der Waals surface area contributed by atoms with Crippen molar-refractivity contribution in [3.63, 3.8) is 0 Å². The molecule has 1 aromatic heterocycles. The molecule has 6 heteroatoms. The molecule has 1 rings (SSSR count). The summed E-state index contributed by atoms with van der Waals surface area (Å²) in [6, 6.07) is 0. The predicted molar refractivity (Wildman–Crippen MR) is 58.4 cm³/mol. The number of carbonyl (C=O) groups excluding carboxylic acids is 1. The monoisotopic (exact) mass is 227 g/mol. The standard InChI is InChI=1S/C9H13N3O2S/c1-6(2)14-7(13)5-15-9-8(10)11-3-4-12-9/h3-4,6H,5H2,1-2H3,(H2,10,11). The van der Waals surface area contributed by atoms with Crippen LogP contribution in [0.1, 0.15) is 13.8 Å². The molecule has 0 aliphatic heterocycles. The number of hydrogen-bond donors (Lipinski definition) is 1.